The molecule has 1 N–H and O–H groups in total. The molecule has 0 spiro atoms. The quantitative estimate of drug-likeness (QED) is 0.799. The lowest BCUT2D eigenvalue weighted by Crippen LogP contribution is -2.57. The van der Waals surface area contributed by atoms with Gasteiger partial charge in [0.05, 0.1) is 6.10 Å². The van der Waals surface area contributed by atoms with E-state index in [1.807, 2.05) is 0 Å². The topological polar surface area (TPSA) is 32.8 Å². The van der Waals surface area contributed by atoms with Gasteiger partial charge in [0.15, 0.2) is 0 Å². The summed E-state index contributed by atoms with van der Waals surface area (Å²) >= 11 is 0. The number of ether oxygens (including phenoxy) is 1. The highest BCUT2D eigenvalue weighted by Crippen LogP contribution is 2.74. The van der Waals surface area contributed by atoms with Crippen LogP contribution in [0.1, 0.15) is 56.4 Å². The summed E-state index contributed by atoms with van der Waals surface area (Å²) in [7, 11) is 0. The molecule has 1 saturated heterocycles. The van der Waals surface area contributed by atoms with E-state index in [1.54, 1.807) is 0 Å². The molecular formula is C19H24O2. The van der Waals surface area contributed by atoms with Crippen molar-refractivity contribution in [1.82, 2.24) is 0 Å². The molecule has 1 heterocycles. The molecule has 5 rings (SSSR count). The van der Waals surface area contributed by atoms with Crippen molar-refractivity contribution in [3.63, 3.8) is 0 Å². The second-order valence-electron chi connectivity index (χ2n) is 7.67. The van der Waals surface area contributed by atoms with Crippen molar-refractivity contribution in [3.05, 3.63) is 35.9 Å². The van der Waals surface area contributed by atoms with Gasteiger partial charge < -0.3 is 9.84 Å². The number of hydrogen-bond donors (Lipinski definition) is 1. The lowest BCUT2D eigenvalue weighted by molar-refractivity contribution is -0.0557. The molecule has 1 aromatic carbocycles. The molecule has 6 atom stereocenters. The molecule has 4 aliphatic rings. The minimum Gasteiger partial charge on any atom is -0.392 e. The predicted octanol–water partition coefficient (Wildman–Crippen LogP) is 3.64. The minimum absolute atomic E-state index is 0.0160. The maximum absolute atomic E-state index is 11.0. The highest BCUT2D eigenvalue weighted by molar-refractivity contribution is 5.38. The molecular weight excluding hydrogens is 260 g/mol. The number of benzene rings is 1. The van der Waals surface area contributed by atoms with Gasteiger partial charge in [-0.1, -0.05) is 49.6 Å². The molecule has 0 amide bonds. The third-order valence-corrected chi connectivity index (χ3v) is 6.98. The first-order valence-corrected chi connectivity index (χ1v) is 8.72. The van der Waals surface area contributed by atoms with Crippen LogP contribution in [-0.2, 0) is 4.74 Å². The third-order valence-electron chi connectivity index (χ3n) is 6.98. The van der Waals surface area contributed by atoms with E-state index in [2.05, 4.69) is 30.3 Å². The molecule has 0 aromatic heterocycles. The minimum atomic E-state index is -0.155. The number of aliphatic hydroxyl groups is 1. The first-order valence-electron chi connectivity index (χ1n) is 8.72. The van der Waals surface area contributed by atoms with E-state index in [0.717, 1.165) is 0 Å². The molecule has 3 saturated carbocycles. The Morgan fingerprint density at radius 1 is 0.952 bits per heavy atom. The molecule has 2 bridgehead atoms. The second kappa shape index (κ2) is 4.11. The van der Waals surface area contributed by atoms with Crippen molar-refractivity contribution in [3.8, 4) is 0 Å². The molecule has 21 heavy (non-hydrogen) atoms. The summed E-state index contributed by atoms with van der Waals surface area (Å²) in [6, 6.07) is 10.9. The fourth-order valence-electron chi connectivity index (χ4n) is 6.27. The van der Waals surface area contributed by atoms with E-state index in [0.29, 0.717) is 17.8 Å². The molecule has 0 unspecified atom stereocenters. The highest BCUT2D eigenvalue weighted by Gasteiger charge is 2.81. The SMILES string of the molecule is O[C@@H]1[C@H]2CCC[C@H]1[C@]13CCCC[C@]1(O3)[C@H]2c1ccccc1. The smallest absolute Gasteiger partial charge is 0.106 e. The van der Waals surface area contributed by atoms with Crippen molar-refractivity contribution < 1.29 is 9.84 Å². The van der Waals surface area contributed by atoms with Crippen molar-refractivity contribution in [2.75, 3.05) is 0 Å². The number of rotatable bonds is 1. The normalized spacial score (nSPS) is 50.9. The van der Waals surface area contributed by atoms with E-state index in [4.69, 9.17) is 4.74 Å². The molecule has 0 radical (unpaired) electrons. The molecule has 1 aliphatic heterocycles. The van der Waals surface area contributed by atoms with Crippen molar-refractivity contribution in [2.24, 2.45) is 11.8 Å². The average Bonchev–Trinajstić information content (AvgIpc) is 3.20. The molecule has 112 valence electrons. The van der Waals surface area contributed by atoms with E-state index < -0.39 is 0 Å². The van der Waals surface area contributed by atoms with E-state index >= 15 is 0 Å². The van der Waals surface area contributed by atoms with Crippen molar-refractivity contribution >= 4 is 0 Å². The molecule has 2 nitrogen and oxygen atoms in total. The lowest BCUT2D eigenvalue weighted by atomic mass is 9.51. The van der Waals surface area contributed by atoms with Crippen LogP contribution in [0.5, 0.6) is 0 Å². The van der Waals surface area contributed by atoms with Gasteiger partial charge >= 0.3 is 0 Å². The summed E-state index contributed by atoms with van der Waals surface area (Å²) in [5, 5.41) is 11.0. The van der Waals surface area contributed by atoms with Crippen LogP contribution >= 0.6 is 0 Å². The van der Waals surface area contributed by atoms with Crippen LogP contribution < -0.4 is 0 Å². The van der Waals surface area contributed by atoms with Crippen LogP contribution in [0.4, 0.5) is 0 Å². The first-order chi connectivity index (χ1) is 10.3. The molecule has 3 aliphatic carbocycles. The standard InChI is InChI=1S/C19H24O2/c20-17-14-9-6-10-15(17)18-11-4-5-12-19(18,21-18)16(14)13-7-2-1-3-8-13/h1-3,7-8,14-17,20H,4-6,9-12H2/t14-,15+,16-,17+,18+,19-/m0/s1. The van der Waals surface area contributed by atoms with E-state index in [1.165, 1.54) is 50.5 Å². The number of hydrogen-bond acceptors (Lipinski definition) is 2. The fourth-order valence-corrected chi connectivity index (χ4v) is 6.27. The van der Waals surface area contributed by atoms with Crippen LogP contribution in [0.3, 0.4) is 0 Å². The zero-order chi connectivity index (χ0) is 14.1. The zero-order valence-electron chi connectivity index (χ0n) is 12.5. The van der Waals surface area contributed by atoms with E-state index in [9.17, 15) is 5.11 Å². The number of aliphatic hydroxyl groups excluding tert-OH is 1. The van der Waals surface area contributed by atoms with Crippen LogP contribution in [0.2, 0.25) is 0 Å². The largest absolute Gasteiger partial charge is 0.392 e. The number of epoxide rings is 1. The van der Waals surface area contributed by atoms with Gasteiger partial charge in [-0.25, -0.2) is 0 Å². The summed E-state index contributed by atoms with van der Waals surface area (Å²) in [4.78, 5) is 0. The van der Waals surface area contributed by atoms with Crippen LogP contribution in [0.15, 0.2) is 30.3 Å². The van der Waals surface area contributed by atoms with Gasteiger partial charge in [-0.05, 0) is 37.2 Å². The Morgan fingerprint density at radius 3 is 2.52 bits per heavy atom. The Labute approximate surface area is 126 Å². The van der Waals surface area contributed by atoms with Crippen molar-refractivity contribution in [1.29, 1.82) is 0 Å². The second-order valence-corrected chi connectivity index (χ2v) is 7.67. The Bertz CT molecular complexity index is 556. The van der Waals surface area contributed by atoms with Gasteiger partial charge in [0.2, 0.25) is 0 Å². The maximum Gasteiger partial charge on any atom is 0.106 e. The van der Waals surface area contributed by atoms with Crippen molar-refractivity contribution in [2.45, 2.75) is 68.2 Å². The average molecular weight is 284 g/mol. The van der Waals surface area contributed by atoms with Gasteiger partial charge in [-0.3, -0.25) is 0 Å². The van der Waals surface area contributed by atoms with Gasteiger partial charge in [-0.2, -0.15) is 0 Å². The van der Waals surface area contributed by atoms with Gasteiger partial charge in [0.1, 0.15) is 11.2 Å². The Hall–Kier alpha value is -0.860. The lowest BCUT2D eigenvalue weighted by Gasteiger charge is -2.51. The maximum atomic E-state index is 11.0. The zero-order valence-corrected chi connectivity index (χ0v) is 12.5. The van der Waals surface area contributed by atoms with Crippen LogP contribution in [0.25, 0.3) is 0 Å². The monoisotopic (exact) mass is 284 g/mol. The van der Waals surface area contributed by atoms with Crippen LogP contribution in [-0.4, -0.2) is 22.4 Å². The molecule has 2 heteroatoms. The van der Waals surface area contributed by atoms with E-state index in [-0.39, 0.29) is 17.3 Å². The van der Waals surface area contributed by atoms with Gasteiger partial charge in [0, 0.05) is 11.8 Å². The molecule has 4 fully saturated rings. The first kappa shape index (κ1) is 12.7. The number of fused-ring (bicyclic) bond motifs is 2. The van der Waals surface area contributed by atoms with Gasteiger partial charge in [0.25, 0.3) is 0 Å². The third kappa shape index (κ3) is 1.41. The molecule has 1 aromatic rings. The van der Waals surface area contributed by atoms with Gasteiger partial charge in [-0.15, -0.1) is 0 Å². The fraction of sp³-hybridized carbons (Fsp3) is 0.684. The summed E-state index contributed by atoms with van der Waals surface area (Å²) in [6.45, 7) is 0. The Kier molecular flexibility index (Phi) is 2.48. The summed E-state index contributed by atoms with van der Waals surface area (Å²) in [5.41, 5.74) is 1.47. The highest BCUT2D eigenvalue weighted by atomic mass is 16.6. The Balaban J connectivity index is 1.66. The summed E-state index contributed by atoms with van der Waals surface area (Å²) in [6.07, 6.45) is 8.38. The summed E-state index contributed by atoms with van der Waals surface area (Å²) in [5.74, 6) is 1.21. The predicted molar refractivity (Wildman–Crippen MR) is 81.0 cm³/mol. The summed E-state index contributed by atoms with van der Waals surface area (Å²) < 4.78 is 6.61. The van der Waals surface area contributed by atoms with Crippen LogP contribution in [0, 0.1) is 11.8 Å². The Morgan fingerprint density at radius 2 is 1.71 bits per heavy atom.